The van der Waals surface area contributed by atoms with Gasteiger partial charge in [0.05, 0.1) is 0 Å². The molecule has 162 valence electrons. The Kier molecular flexibility index (Phi) is 8.33. The monoisotopic (exact) mass is 400 g/mol. The summed E-state index contributed by atoms with van der Waals surface area (Å²) in [7, 11) is 1.87. The topological polar surface area (TPSA) is 46.1 Å². The molecule has 0 aromatic heterocycles. The van der Waals surface area contributed by atoms with Crippen molar-refractivity contribution in [2.24, 2.45) is 10.9 Å². The van der Waals surface area contributed by atoms with Crippen molar-refractivity contribution in [1.82, 2.24) is 25.3 Å². The van der Waals surface area contributed by atoms with E-state index in [0.29, 0.717) is 18.0 Å². The van der Waals surface area contributed by atoms with Crippen molar-refractivity contribution < 1.29 is 0 Å². The molecule has 0 amide bonds. The summed E-state index contributed by atoms with van der Waals surface area (Å²) in [5, 5.41) is 7.17. The Bertz CT molecular complexity index is 624. The Hall–Kier alpha value is -1.63. The highest BCUT2D eigenvalue weighted by atomic mass is 15.3. The summed E-state index contributed by atoms with van der Waals surface area (Å²) in [6, 6.07) is 11.9. The van der Waals surface area contributed by atoms with E-state index in [1.54, 1.807) is 0 Å². The van der Waals surface area contributed by atoms with Gasteiger partial charge < -0.3 is 10.6 Å². The molecule has 2 saturated heterocycles. The molecule has 29 heavy (non-hydrogen) atoms. The lowest BCUT2D eigenvalue weighted by molar-refractivity contribution is 0.129. The molecule has 0 saturated carbocycles. The molecular weight excluding hydrogens is 360 g/mol. The lowest BCUT2D eigenvalue weighted by atomic mass is 10.1. The molecule has 1 aromatic carbocycles. The molecule has 6 nitrogen and oxygen atoms in total. The van der Waals surface area contributed by atoms with Gasteiger partial charge in [-0.2, -0.15) is 0 Å². The summed E-state index contributed by atoms with van der Waals surface area (Å²) in [5.41, 5.74) is 1.41. The summed E-state index contributed by atoms with van der Waals surface area (Å²) in [6.45, 7) is 16.8. The van der Waals surface area contributed by atoms with Gasteiger partial charge in [0.15, 0.2) is 5.96 Å². The first kappa shape index (κ1) is 22.1. The first-order valence-electron chi connectivity index (χ1n) is 11.2. The summed E-state index contributed by atoms with van der Waals surface area (Å²) in [6.07, 6.45) is 0. The lowest BCUT2D eigenvalue weighted by Crippen LogP contribution is -2.50. The Morgan fingerprint density at radius 1 is 1.07 bits per heavy atom. The first-order chi connectivity index (χ1) is 14.0. The van der Waals surface area contributed by atoms with Crippen LogP contribution in [0.2, 0.25) is 0 Å². The van der Waals surface area contributed by atoms with Gasteiger partial charge in [-0.1, -0.05) is 37.3 Å². The summed E-state index contributed by atoms with van der Waals surface area (Å²) in [4.78, 5) is 12.1. The molecule has 2 heterocycles. The quantitative estimate of drug-likeness (QED) is 0.539. The SMILES string of the molecule is CN=C(NCCN1CCN(Cc2ccccc2)CC1)NC1CN(C(C)C)CC1C. The predicted molar refractivity (Wildman–Crippen MR) is 122 cm³/mol. The van der Waals surface area contributed by atoms with Gasteiger partial charge in [0, 0.05) is 78.0 Å². The number of likely N-dealkylation sites (tertiary alicyclic amines) is 1. The second kappa shape index (κ2) is 11.0. The first-order valence-corrected chi connectivity index (χ1v) is 11.2. The average molecular weight is 401 g/mol. The third kappa shape index (κ3) is 6.69. The smallest absolute Gasteiger partial charge is 0.191 e. The van der Waals surface area contributed by atoms with Gasteiger partial charge in [-0.15, -0.1) is 0 Å². The normalized spacial score (nSPS) is 24.9. The highest BCUT2D eigenvalue weighted by Gasteiger charge is 2.31. The zero-order valence-electron chi connectivity index (χ0n) is 18.8. The highest BCUT2D eigenvalue weighted by molar-refractivity contribution is 5.80. The molecule has 3 rings (SSSR count). The summed E-state index contributed by atoms with van der Waals surface area (Å²) in [5.74, 6) is 1.59. The van der Waals surface area contributed by atoms with Gasteiger partial charge >= 0.3 is 0 Å². The predicted octanol–water partition coefficient (Wildman–Crippen LogP) is 1.70. The maximum Gasteiger partial charge on any atom is 0.191 e. The number of guanidine groups is 1. The van der Waals surface area contributed by atoms with Crippen LogP contribution in [-0.4, -0.2) is 92.1 Å². The second-order valence-electron chi connectivity index (χ2n) is 8.88. The summed E-state index contributed by atoms with van der Waals surface area (Å²) >= 11 is 0. The van der Waals surface area contributed by atoms with Crippen molar-refractivity contribution in [3.8, 4) is 0 Å². The van der Waals surface area contributed by atoms with Crippen LogP contribution in [0.1, 0.15) is 26.3 Å². The second-order valence-corrected chi connectivity index (χ2v) is 8.88. The van der Waals surface area contributed by atoms with E-state index in [1.165, 1.54) is 12.1 Å². The van der Waals surface area contributed by atoms with Crippen LogP contribution in [0, 0.1) is 5.92 Å². The standard InChI is InChI=1S/C23H40N6/c1-19(2)29-16-20(3)22(18-29)26-23(24-4)25-10-11-27-12-14-28(15-13-27)17-21-8-6-5-7-9-21/h5-9,19-20,22H,10-18H2,1-4H3,(H2,24,25,26). The van der Waals surface area contributed by atoms with Crippen LogP contribution in [0.25, 0.3) is 0 Å². The zero-order valence-corrected chi connectivity index (χ0v) is 18.8. The van der Waals surface area contributed by atoms with Gasteiger partial charge in [0.1, 0.15) is 0 Å². The molecule has 2 atom stereocenters. The van der Waals surface area contributed by atoms with Crippen LogP contribution in [0.4, 0.5) is 0 Å². The Morgan fingerprint density at radius 2 is 1.76 bits per heavy atom. The van der Waals surface area contributed by atoms with Crippen LogP contribution >= 0.6 is 0 Å². The van der Waals surface area contributed by atoms with Crippen LogP contribution in [0.15, 0.2) is 35.3 Å². The lowest BCUT2D eigenvalue weighted by Gasteiger charge is -2.34. The van der Waals surface area contributed by atoms with Crippen LogP contribution in [-0.2, 0) is 6.54 Å². The van der Waals surface area contributed by atoms with Crippen LogP contribution in [0.5, 0.6) is 0 Å². The van der Waals surface area contributed by atoms with E-state index >= 15 is 0 Å². The van der Waals surface area contributed by atoms with Gasteiger partial charge in [-0.05, 0) is 25.3 Å². The van der Waals surface area contributed by atoms with Crippen molar-refractivity contribution in [1.29, 1.82) is 0 Å². The number of rotatable bonds is 7. The van der Waals surface area contributed by atoms with E-state index in [1.807, 2.05) is 7.05 Å². The number of aliphatic imine (C=N–C) groups is 1. The van der Waals surface area contributed by atoms with Gasteiger partial charge in [0.25, 0.3) is 0 Å². The van der Waals surface area contributed by atoms with E-state index in [2.05, 4.69) is 81.4 Å². The Balaban J connectivity index is 1.33. The summed E-state index contributed by atoms with van der Waals surface area (Å²) < 4.78 is 0. The molecule has 2 aliphatic heterocycles. The molecule has 2 unspecified atom stereocenters. The Morgan fingerprint density at radius 3 is 2.38 bits per heavy atom. The number of piperazine rings is 1. The van der Waals surface area contributed by atoms with E-state index in [4.69, 9.17) is 0 Å². The number of nitrogens with one attached hydrogen (secondary N) is 2. The minimum atomic E-state index is 0.477. The average Bonchev–Trinajstić information content (AvgIpc) is 3.10. The molecular formula is C23H40N6. The zero-order chi connectivity index (χ0) is 20.6. The fourth-order valence-corrected chi connectivity index (χ4v) is 4.33. The maximum atomic E-state index is 4.45. The van der Waals surface area contributed by atoms with Gasteiger partial charge in [0.2, 0.25) is 0 Å². The number of nitrogens with zero attached hydrogens (tertiary/aromatic N) is 4. The third-order valence-electron chi connectivity index (χ3n) is 6.35. The van der Waals surface area contributed by atoms with E-state index in [-0.39, 0.29) is 0 Å². The van der Waals surface area contributed by atoms with Crippen molar-refractivity contribution >= 4 is 5.96 Å². The third-order valence-corrected chi connectivity index (χ3v) is 6.35. The molecule has 6 heteroatoms. The molecule has 1 aromatic rings. The van der Waals surface area contributed by atoms with Crippen LogP contribution in [0.3, 0.4) is 0 Å². The molecule has 2 fully saturated rings. The molecule has 2 N–H and O–H groups in total. The minimum Gasteiger partial charge on any atom is -0.355 e. The minimum absolute atomic E-state index is 0.477. The molecule has 0 aliphatic carbocycles. The molecule has 0 bridgehead atoms. The largest absolute Gasteiger partial charge is 0.355 e. The molecule has 2 aliphatic rings. The number of hydrogen-bond donors (Lipinski definition) is 2. The van der Waals surface area contributed by atoms with Crippen molar-refractivity contribution in [3.63, 3.8) is 0 Å². The molecule has 0 spiro atoms. The van der Waals surface area contributed by atoms with E-state index in [0.717, 1.165) is 58.3 Å². The fraction of sp³-hybridized carbons (Fsp3) is 0.696. The highest BCUT2D eigenvalue weighted by Crippen LogP contribution is 2.18. The van der Waals surface area contributed by atoms with Crippen molar-refractivity contribution in [2.75, 3.05) is 59.4 Å². The van der Waals surface area contributed by atoms with Gasteiger partial charge in [-0.25, -0.2) is 0 Å². The van der Waals surface area contributed by atoms with Crippen molar-refractivity contribution in [2.45, 2.75) is 39.4 Å². The number of benzene rings is 1. The molecule has 0 radical (unpaired) electrons. The van der Waals surface area contributed by atoms with Crippen molar-refractivity contribution in [3.05, 3.63) is 35.9 Å². The van der Waals surface area contributed by atoms with E-state index in [9.17, 15) is 0 Å². The van der Waals surface area contributed by atoms with E-state index < -0.39 is 0 Å². The Labute approximate surface area is 177 Å². The van der Waals surface area contributed by atoms with Crippen LogP contribution < -0.4 is 10.6 Å². The van der Waals surface area contributed by atoms with Gasteiger partial charge in [-0.3, -0.25) is 19.7 Å². The maximum absolute atomic E-state index is 4.45. The number of hydrogen-bond acceptors (Lipinski definition) is 4. The fourth-order valence-electron chi connectivity index (χ4n) is 4.33.